The molecule has 9 heteroatoms. The Morgan fingerprint density at radius 3 is 2.40 bits per heavy atom. The quantitative estimate of drug-likeness (QED) is 0.220. The lowest BCUT2D eigenvalue weighted by molar-refractivity contribution is -0.187. The fourth-order valence-electron chi connectivity index (χ4n) is 5.29. The molecule has 1 aliphatic rings. The number of hydrogen-bond donors (Lipinski definition) is 3. The van der Waals surface area contributed by atoms with Crippen LogP contribution in [-0.2, 0) is 25.5 Å². The van der Waals surface area contributed by atoms with Crippen molar-refractivity contribution in [1.29, 1.82) is 0 Å². The lowest BCUT2D eigenvalue weighted by Gasteiger charge is -2.48. The summed E-state index contributed by atoms with van der Waals surface area (Å²) in [6.45, 7) is 11.2. The monoisotopic (exact) mass is 490 g/mol. The van der Waals surface area contributed by atoms with Crippen LogP contribution in [0.3, 0.4) is 0 Å². The van der Waals surface area contributed by atoms with Gasteiger partial charge in [-0.05, 0) is 37.2 Å². The van der Waals surface area contributed by atoms with Crippen molar-refractivity contribution in [2.75, 3.05) is 39.4 Å². The molecule has 196 valence electrons. The summed E-state index contributed by atoms with van der Waals surface area (Å²) < 4.78 is 5.37. The fraction of sp³-hybridized carbons (Fsp3) is 0.654. The third-order valence-electron chi connectivity index (χ3n) is 7.08. The Labute approximate surface area is 208 Å². The van der Waals surface area contributed by atoms with E-state index in [1.807, 2.05) is 51.1 Å². The molecule has 0 aliphatic carbocycles. The molecular formula is C26H42N4O5. The number of morpholine rings is 1. The highest BCUT2D eigenvalue weighted by molar-refractivity contribution is 5.91. The van der Waals surface area contributed by atoms with E-state index in [1.54, 1.807) is 6.92 Å². The van der Waals surface area contributed by atoms with E-state index in [4.69, 9.17) is 10.5 Å². The first-order valence-corrected chi connectivity index (χ1v) is 12.4. The van der Waals surface area contributed by atoms with Gasteiger partial charge in [0.1, 0.15) is 0 Å². The van der Waals surface area contributed by atoms with E-state index in [9.17, 15) is 19.6 Å². The summed E-state index contributed by atoms with van der Waals surface area (Å²) >= 11 is 0. The van der Waals surface area contributed by atoms with Crippen LogP contribution in [0.2, 0.25) is 0 Å². The molecule has 0 radical (unpaired) electrons. The smallest absolute Gasteiger partial charge is 0.233 e. The summed E-state index contributed by atoms with van der Waals surface area (Å²) in [6.07, 6.45) is 1.72. The Balaban J connectivity index is 2.32. The minimum Gasteiger partial charge on any atom is -0.379 e. The Hall–Kier alpha value is -2.49. The van der Waals surface area contributed by atoms with E-state index in [0.29, 0.717) is 44.2 Å². The average Bonchev–Trinajstić information content (AvgIpc) is 2.82. The average molecular weight is 491 g/mol. The normalized spacial score (nSPS) is 18.2. The van der Waals surface area contributed by atoms with Gasteiger partial charge in [-0.15, -0.1) is 0 Å². The number of rotatable bonds is 13. The summed E-state index contributed by atoms with van der Waals surface area (Å²) in [6, 6.07) is 8.83. The molecule has 1 heterocycles. The summed E-state index contributed by atoms with van der Waals surface area (Å²) in [7, 11) is 0. The topological polar surface area (TPSA) is 125 Å². The van der Waals surface area contributed by atoms with Gasteiger partial charge < -0.3 is 15.8 Å². The molecule has 3 amide bonds. The van der Waals surface area contributed by atoms with Crippen molar-refractivity contribution in [3.8, 4) is 0 Å². The Kier molecular flexibility index (Phi) is 10.7. The molecule has 0 bridgehead atoms. The molecule has 2 rings (SSSR count). The van der Waals surface area contributed by atoms with Gasteiger partial charge in [0.2, 0.25) is 18.2 Å². The SMILES string of the molecule is C[C@@H](N(O)C=O)C(CCCc1ccccc1)(C(N)=O)[C@@H](C(=O)NCCN1CCOCC1)C(C)(C)C. The number of carbonyl (C=O) groups excluding carboxylic acids is 3. The van der Waals surface area contributed by atoms with Crippen LogP contribution >= 0.6 is 0 Å². The number of benzene rings is 1. The van der Waals surface area contributed by atoms with Gasteiger partial charge in [-0.2, -0.15) is 0 Å². The van der Waals surface area contributed by atoms with Crippen molar-refractivity contribution < 1.29 is 24.3 Å². The number of carbonyl (C=O) groups is 3. The fourth-order valence-corrected chi connectivity index (χ4v) is 5.29. The number of nitrogens with zero attached hydrogens (tertiary/aromatic N) is 2. The highest BCUT2D eigenvalue weighted by Gasteiger charge is 2.57. The van der Waals surface area contributed by atoms with E-state index >= 15 is 0 Å². The van der Waals surface area contributed by atoms with Crippen molar-refractivity contribution in [2.24, 2.45) is 22.5 Å². The van der Waals surface area contributed by atoms with E-state index in [0.717, 1.165) is 18.7 Å². The largest absolute Gasteiger partial charge is 0.379 e. The highest BCUT2D eigenvalue weighted by Crippen LogP contribution is 2.47. The molecule has 1 aromatic rings. The molecule has 1 fully saturated rings. The zero-order chi connectivity index (χ0) is 26.1. The second-order valence-electron chi connectivity index (χ2n) is 10.4. The van der Waals surface area contributed by atoms with Crippen molar-refractivity contribution in [3.05, 3.63) is 35.9 Å². The Bertz CT molecular complexity index is 823. The number of aryl methyl sites for hydroxylation is 1. The van der Waals surface area contributed by atoms with Gasteiger partial charge in [-0.1, -0.05) is 51.1 Å². The summed E-state index contributed by atoms with van der Waals surface area (Å²) in [4.78, 5) is 40.6. The first kappa shape index (κ1) is 28.7. The predicted octanol–water partition coefficient (Wildman–Crippen LogP) is 1.83. The van der Waals surface area contributed by atoms with Gasteiger partial charge in [0.15, 0.2) is 0 Å². The first-order chi connectivity index (χ1) is 16.5. The lowest BCUT2D eigenvalue weighted by atomic mass is 9.57. The van der Waals surface area contributed by atoms with Crippen LogP contribution < -0.4 is 11.1 Å². The van der Waals surface area contributed by atoms with Crippen LogP contribution in [-0.4, -0.2) is 78.8 Å². The van der Waals surface area contributed by atoms with Gasteiger partial charge in [-0.3, -0.25) is 24.5 Å². The van der Waals surface area contributed by atoms with Crippen molar-refractivity contribution in [3.63, 3.8) is 0 Å². The maximum atomic E-state index is 13.7. The molecule has 9 nitrogen and oxygen atoms in total. The third-order valence-corrected chi connectivity index (χ3v) is 7.08. The first-order valence-electron chi connectivity index (χ1n) is 12.4. The molecule has 0 spiro atoms. The number of amides is 3. The Morgan fingerprint density at radius 1 is 1.23 bits per heavy atom. The van der Waals surface area contributed by atoms with Crippen LogP contribution in [0.5, 0.6) is 0 Å². The molecule has 35 heavy (non-hydrogen) atoms. The second kappa shape index (κ2) is 13.0. The number of nitrogens with one attached hydrogen (secondary N) is 1. The molecule has 4 N–H and O–H groups in total. The zero-order valence-corrected chi connectivity index (χ0v) is 21.5. The highest BCUT2D eigenvalue weighted by atomic mass is 16.5. The molecular weight excluding hydrogens is 448 g/mol. The number of nitrogens with two attached hydrogens (primary N) is 1. The lowest BCUT2D eigenvalue weighted by Crippen LogP contribution is -2.62. The van der Waals surface area contributed by atoms with Crippen LogP contribution in [0.4, 0.5) is 0 Å². The maximum Gasteiger partial charge on any atom is 0.233 e. The van der Waals surface area contributed by atoms with Gasteiger partial charge in [-0.25, -0.2) is 5.06 Å². The van der Waals surface area contributed by atoms with Gasteiger partial charge >= 0.3 is 0 Å². The van der Waals surface area contributed by atoms with Crippen LogP contribution in [0.15, 0.2) is 30.3 Å². The van der Waals surface area contributed by atoms with E-state index in [-0.39, 0.29) is 18.7 Å². The minimum absolute atomic E-state index is 0.238. The summed E-state index contributed by atoms with van der Waals surface area (Å²) in [5.41, 5.74) is 4.97. The molecule has 1 unspecified atom stereocenters. The molecule has 1 saturated heterocycles. The molecule has 1 aromatic carbocycles. The standard InChI is InChI=1S/C26H42N4O5/c1-20(30(34)19-31)26(24(27)33,12-8-11-21-9-6-5-7-10-21)22(25(2,3)4)23(32)28-13-14-29-15-17-35-18-16-29/h5-7,9-10,19-20,22,34H,8,11-18H2,1-4H3,(H2,27,33)(H,28,32)/t20-,22+,26?/m1/s1. The van der Waals surface area contributed by atoms with Crippen LogP contribution in [0, 0.1) is 16.7 Å². The summed E-state index contributed by atoms with van der Waals surface area (Å²) in [5.74, 6) is -1.89. The van der Waals surface area contributed by atoms with Gasteiger partial charge in [0.25, 0.3) is 0 Å². The zero-order valence-electron chi connectivity index (χ0n) is 21.5. The van der Waals surface area contributed by atoms with E-state index in [1.165, 1.54) is 0 Å². The maximum absolute atomic E-state index is 13.7. The van der Waals surface area contributed by atoms with E-state index < -0.39 is 28.7 Å². The number of hydrogen-bond acceptors (Lipinski definition) is 6. The number of ether oxygens (including phenoxy) is 1. The van der Waals surface area contributed by atoms with Gasteiger partial charge in [0.05, 0.1) is 30.6 Å². The second-order valence-corrected chi connectivity index (χ2v) is 10.4. The van der Waals surface area contributed by atoms with Gasteiger partial charge in [0, 0.05) is 26.2 Å². The molecule has 0 saturated carbocycles. The third kappa shape index (κ3) is 7.49. The van der Waals surface area contributed by atoms with Crippen LogP contribution in [0.25, 0.3) is 0 Å². The van der Waals surface area contributed by atoms with E-state index in [2.05, 4.69) is 10.2 Å². The molecule has 1 aliphatic heterocycles. The van der Waals surface area contributed by atoms with Crippen molar-refractivity contribution in [2.45, 2.75) is 53.0 Å². The number of primary amides is 1. The number of hydroxylamine groups is 2. The minimum atomic E-state index is -1.48. The molecule has 3 atom stereocenters. The Morgan fingerprint density at radius 2 is 1.86 bits per heavy atom. The van der Waals surface area contributed by atoms with Crippen molar-refractivity contribution >= 4 is 18.2 Å². The predicted molar refractivity (Wildman–Crippen MR) is 133 cm³/mol. The van der Waals surface area contributed by atoms with Crippen LogP contribution in [0.1, 0.15) is 46.1 Å². The summed E-state index contributed by atoms with van der Waals surface area (Å²) in [5, 5.41) is 13.8. The van der Waals surface area contributed by atoms with Crippen molar-refractivity contribution in [1.82, 2.24) is 15.3 Å². The molecule has 0 aromatic heterocycles.